The lowest BCUT2D eigenvalue weighted by Gasteiger charge is -2.13. The average Bonchev–Trinajstić information content (AvgIpc) is 2.44. The van der Waals surface area contributed by atoms with Crippen molar-refractivity contribution in [1.29, 1.82) is 0 Å². The molecule has 6 heteroatoms. The van der Waals surface area contributed by atoms with Crippen LogP contribution in [0.5, 0.6) is 0 Å². The third-order valence-corrected chi connectivity index (χ3v) is 2.73. The third-order valence-electron chi connectivity index (χ3n) is 2.73. The number of pyridine rings is 1. The molecule has 0 saturated heterocycles. The molecule has 0 spiro atoms. The van der Waals surface area contributed by atoms with Gasteiger partial charge in [0.15, 0.2) is 6.10 Å². The van der Waals surface area contributed by atoms with Crippen molar-refractivity contribution < 1.29 is 14.3 Å². The number of esters is 1. The van der Waals surface area contributed by atoms with E-state index in [0.717, 1.165) is 19.3 Å². The molecule has 1 heterocycles. The van der Waals surface area contributed by atoms with Gasteiger partial charge in [0.25, 0.3) is 5.91 Å². The zero-order chi connectivity index (χ0) is 15.0. The monoisotopic (exact) mass is 279 g/mol. The molecular weight excluding hydrogens is 258 g/mol. The minimum Gasteiger partial charge on any atom is -0.448 e. The second-order valence-corrected chi connectivity index (χ2v) is 4.52. The van der Waals surface area contributed by atoms with Gasteiger partial charge in [-0.1, -0.05) is 19.8 Å². The fraction of sp³-hybridized carbons (Fsp3) is 0.500. The van der Waals surface area contributed by atoms with Gasteiger partial charge in [-0.15, -0.1) is 0 Å². The lowest BCUT2D eigenvalue weighted by molar-refractivity contribution is -0.129. The van der Waals surface area contributed by atoms with E-state index in [4.69, 9.17) is 10.5 Å². The molecule has 0 aliphatic carbocycles. The van der Waals surface area contributed by atoms with Gasteiger partial charge in [-0.3, -0.25) is 4.79 Å². The van der Waals surface area contributed by atoms with Crippen LogP contribution in [0.4, 0.5) is 5.69 Å². The molecule has 1 atom stereocenters. The van der Waals surface area contributed by atoms with E-state index in [-0.39, 0.29) is 11.6 Å². The standard InChI is InChI=1S/C14H21N3O3/c1-3-4-5-8-16-13(18)10(2)20-14(19)12-7-6-11(15)9-17-12/h6-7,9-10H,3-5,8,15H2,1-2H3,(H,16,18). The second-order valence-electron chi connectivity index (χ2n) is 4.52. The first kappa shape index (κ1) is 15.9. The number of carbonyl (C=O) groups is 2. The van der Waals surface area contributed by atoms with Gasteiger partial charge in [-0.2, -0.15) is 0 Å². The summed E-state index contributed by atoms with van der Waals surface area (Å²) in [6, 6.07) is 3.02. The second kappa shape index (κ2) is 8.14. The minimum absolute atomic E-state index is 0.129. The van der Waals surface area contributed by atoms with E-state index in [9.17, 15) is 9.59 Å². The Bertz CT molecular complexity index is 445. The van der Waals surface area contributed by atoms with Crippen molar-refractivity contribution in [3.63, 3.8) is 0 Å². The number of hydrogen-bond donors (Lipinski definition) is 2. The smallest absolute Gasteiger partial charge is 0.357 e. The average molecular weight is 279 g/mol. The number of unbranched alkanes of at least 4 members (excludes halogenated alkanes) is 2. The molecule has 1 rings (SSSR count). The van der Waals surface area contributed by atoms with Crippen LogP contribution in [0.3, 0.4) is 0 Å². The van der Waals surface area contributed by atoms with E-state index in [1.807, 2.05) is 0 Å². The van der Waals surface area contributed by atoms with Gasteiger partial charge in [0.05, 0.1) is 11.9 Å². The predicted molar refractivity (Wildman–Crippen MR) is 76.1 cm³/mol. The van der Waals surface area contributed by atoms with Crippen molar-refractivity contribution in [3.05, 3.63) is 24.0 Å². The molecule has 110 valence electrons. The van der Waals surface area contributed by atoms with Crippen LogP contribution >= 0.6 is 0 Å². The summed E-state index contributed by atoms with van der Waals surface area (Å²) in [5, 5.41) is 2.73. The lowest BCUT2D eigenvalue weighted by atomic mass is 10.2. The number of aromatic nitrogens is 1. The fourth-order valence-electron chi connectivity index (χ4n) is 1.53. The number of rotatable bonds is 7. The SMILES string of the molecule is CCCCCNC(=O)C(C)OC(=O)c1ccc(N)cn1. The van der Waals surface area contributed by atoms with Crippen molar-refractivity contribution in [1.82, 2.24) is 10.3 Å². The lowest BCUT2D eigenvalue weighted by Crippen LogP contribution is -2.36. The molecule has 0 aromatic carbocycles. The molecule has 1 aromatic rings. The number of nitrogen functional groups attached to an aromatic ring is 1. The van der Waals surface area contributed by atoms with E-state index >= 15 is 0 Å². The molecule has 1 amide bonds. The summed E-state index contributed by atoms with van der Waals surface area (Å²) >= 11 is 0. The van der Waals surface area contributed by atoms with E-state index in [1.54, 1.807) is 6.07 Å². The first-order valence-electron chi connectivity index (χ1n) is 6.74. The van der Waals surface area contributed by atoms with Gasteiger partial charge >= 0.3 is 5.97 Å². The number of nitrogens with two attached hydrogens (primary N) is 1. The maximum absolute atomic E-state index is 11.7. The molecule has 0 radical (unpaired) electrons. The normalized spacial score (nSPS) is 11.7. The third kappa shape index (κ3) is 5.26. The van der Waals surface area contributed by atoms with Crippen LogP contribution in [0.25, 0.3) is 0 Å². The molecule has 0 aliphatic rings. The Labute approximate surface area is 118 Å². The zero-order valence-electron chi connectivity index (χ0n) is 11.9. The number of nitrogens with one attached hydrogen (secondary N) is 1. The Morgan fingerprint density at radius 2 is 2.15 bits per heavy atom. The summed E-state index contributed by atoms with van der Waals surface area (Å²) in [6.07, 6.45) is 3.59. The Kier molecular flexibility index (Phi) is 6.49. The Morgan fingerprint density at radius 3 is 2.75 bits per heavy atom. The van der Waals surface area contributed by atoms with Crippen molar-refractivity contribution in [2.45, 2.75) is 39.2 Å². The van der Waals surface area contributed by atoms with Crippen molar-refractivity contribution in [3.8, 4) is 0 Å². The summed E-state index contributed by atoms with van der Waals surface area (Å²) in [6.45, 7) is 4.21. The molecule has 1 aromatic heterocycles. The van der Waals surface area contributed by atoms with Crippen LogP contribution < -0.4 is 11.1 Å². The minimum atomic E-state index is -0.844. The van der Waals surface area contributed by atoms with Crippen LogP contribution in [0.15, 0.2) is 18.3 Å². The van der Waals surface area contributed by atoms with E-state index in [2.05, 4.69) is 17.2 Å². The quantitative estimate of drug-likeness (QED) is 0.583. The van der Waals surface area contributed by atoms with Gasteiger partial charge in [-0.05, 0) is 25.5 Å². The fourth-order valence-corrected chi connectivity index (χ4v) is 1.53. The molecular formula is C14H21N3O3. The number of nitrogens with zero attached hydrogens (tertiary/aromatic N) is 1. The van der Waals surface area contributed by atoms with Crippen LogP contribution in [0.1, 0.15) is 43.6 Å². The first-order chi connectivity index (χ1) is 9.54. The zero-order valence-corrected chi connectivity index (χ0v) is 11.9. The topological polar surface area (TPSA) is 94.3 Å². The van der Waals surface area contributed by atoms with Gasteiger partial charge in [0, 0.05) is 6.54 Å². The summed E-state index contributed by atoms with van der Waals surface area (Å²) in [4.78, 5) is 27.3. The molecule has 0 saturated carbocycles. The van der Waals surface area contributed by atoms with E-state index < -0.39 is 12.1 Å². The number of anilines is 1. The van der Waals surface area contributed by atoms with Gasteiger partial charge in [-0.25, -0.2) is 9.78 Å². The van der Waals surface area contributed by atoms with E-state index in [1.165, 1.54) is 19.2 Å². The molecule has 0 aliphatic heterocycles. The molecule has 20 heavy (non-hydrogen) atoms. The first-order valence-corrected chi connectivity index (χ1v) is 6.74. The number of carbonyl (C=O) groups excluding carboxylic acids is 2. The summed E-state index contributed by atoms with van der Waals surface area (Å²) < 4.78 is 5.04. The molecule has 1 unspecified atom stereocenters. The number of ether oxygens (including phenoxy) is 1. The summed E-state index contributed by atoms with van der Waals surface area (Å²) in [7, 11) is 0. The van der Waals surface area contributed by atoms with Crippen LogP contribution in [0, 0.1) is 0 Å². The van der Waals surface area contributed by atoms with Gasteiger partial charge < -0.3 is 15.8 Å². The highest BCUT2D eigenvalue weighted by Crippen LogP contribution is 2.05. The highest BCUT2D eigenvalue weighted by molar-refractivity contribution is 5.90. The highest BCUT2D eigenvalue weighted by Gasteiger charge is 2.19. The maximum Gasteiger partial charge on any atom is 0.357 e. The van der Waals surface area contributed by atoms with Gasteiger partial charge in [0.2, 0.25) is 0 Å². The molecule has 0 fully saturated rings. The van der Waals surface area contributed by atoms with Crippen LogP contribution in [-0.4, -0.2) is 29.5 Å². The predicted octanol–water partition coefficient (Wildman–Crippen LogP) is 1.52. The van der Waals surface area contributed by atoms with Crippen molar-refractivity contribution in [2.24, 2.45) is 0 Å². The van der Waals surface area contributed by atoms with Gasteiger partial charge in [0.1, 0.15) is 5.69 Å². The Hall–Kier alpha value is -2.11. The largest absolute Gasteiger partial charge is 0.448 e. The Morgan fingerprint density at radius 1 is 1.40 bits per heavy atom. The molecule has 3 N–H and O–H groups in total. The number of amides is 1. The summed E-state index contributed by atoms with van der Waals surface area (Å²) in [5.41, 5.74) is 6.07. The molecule has 6 nitrogen and oxygen atoms in total. The molecule has 0 bridgehead atoms. The summed E-state index contributed by atoms with van der Waals surface area (Å²) in [5.74, 6) is -0.939. The van der Waals surface area contributed by atoms with Crippen LogP contribution in [0.2, 0.25) is 0 Å². The van der Waals surface area contributed by atoms with Crippen molar-refractivity contribution >= 4 is 17.6 Å². The van der Waals surface area contributed by atoms with Crippen molar-refractivity contribution in [2.75, 3.05) is 12.3 Å². The maximum atomic E-state index is 11.7. The highest BCUT2D eigenvalue weighted by atomic mass is 16.5. The Balaban J connectivity index is 2.40. The van der Waals surface area contributed by atoms with Crippen LogP contribution in [-0.2, 0) is 9.53 Å². The van der Waals surface area contributed by atoms with E-state index in [0.29, 0.717) is 12.2 Å². The number of hydrogen-bond acceptors (Lipinski definition) is 5.